The largest absolute Gasteiger partial charge is 0.462 e. The van der Waals surface area contributed by atoms with E-state index in [9.17, 15) is 4.79 Å². The number of hydrogen-bond donors (Lipinski definition) is 2. The van der Waals surface area contributed by atoms with Crippen molar-refractivity contribution in [1.29, 1.82) is 0 Å². The number of nitrogens with one attached hydrogen (secondary N) is 2. The van der Waals surface area contributed by atoms with Gasteiger partial charge in [0.2, 0.25) is 0 Å². The first-order chi connectivity index (χ1) is 12.6. The molecule has 0 bridgehead atoms. The highest BCUT2D eigenvalue weighted by atomic mass is 16.5. The average Bonchev–Trinajstić information content (AvgIpc) is 2.64. The maximum Gasteiger partial charge on any atom is 0.338 e. The van der Waals surface area contributed by atoms with Gasteiger partial charge >= 0.3 is 5.97 Å². The minimum absolute atomic E-state index is 0.261. The molecule has 0 saturated heterocycles. The van der Waals surface area contributed by atoms with Gasteiger partial charge in [-0.2, -0.15) is 0 Å². The number of unbranched alkanes of at least 4 members (excludes halogenated alkanes) is 1. The molecule has 0 saturated carbocycles. The van der Waals surface area contributed by atoms with E-state index in [1.54, 1.807) is 19.1 Å². The summed E-state index contributed by atoms with van der Waals surface area (Å²) in [5, 5.41) is 6.54. The van der Waals surface area contributed by atoms with Gasteiger partial charge < -0.3 is 15.4 Å². The molecule has 0 atom stereocenters. The van der Waals surface area contributed by atoms with E-state index in [4.69, 9.17) is 4.74 Å². The van der Waals surface area contributed by atoms with Crippen molar-refractivity contribution in [2.45, 2.75) is 40.5 Å². The van der Waals surface area contributed by atoms with Crippen LogP contribution >= 0.6 is 0 Å². The Morgan fingerprint density at radius 1 is 0.962 bits per heavy atom. The lowest BCUT2D eigenvalue weighted by Gasteiger charge is -2.06. The average molecular weight is 357 g/mol. The lowest BCUT2D eigenvalue weighted by Crippen LogP contribution is -2.05. The van der Waals surface area contributed by atoms with Crippen LogP contribution in [0, 0.1) is 6.92 Å². The highest BCUT2D eigenvalue weighted by Gasteiger charge is 2.04. The SMILES string of the molecule is CCCCNc1ccc(C(=O)OCC)cc1.CCNc1cccc(C)c1. The second-order valence-corrected chi connectivity index (χ2v) is 5.98. The minimum Gasteiger partial charge on any atom is -0.462 e. The van der Waals surface area contributed by atoms with Crippen molar-refractivity contribution < 1.29 is 9.53 Å². The second kappa shape index (κ2) is 12.8. The second-order valence-electron chi connectivity index (χ2n) is 5.98. The fourth-order valence-electron chi connectivity index (χ4n) is 2.31. The highest BCUT2D eigenvalue weighted by molar-refractivity contribution is 5.89. The third-order valence-electron chi connectivity index (χ3n) is 3.65. The van der Waals surface area contributed by atoms with Crippen LogP contribution < -0.4 is 10.6 Å². The fraction of sp³-hybridized carbons (Fsp3) is 0.409. The summed E-state index contributed by atoms with van der Waals surface area (Å²) in [5.74, 6) is -0.261. The molecular weight excluding hydrogens is 324 g/mol. The maximum absolute atomic E-state index is 11.4. The van der Waals surface area contributed by atoms with E-state index in [2.05, 4.69) is 55.7 Å². The lowest BCUT2D eigenvalue weighted by molar-refractivity contribution is 0.0526. The summed E-state index contributed by atoms with van der Waals surface area (Å²) in [7, 11) is 0. The molecule has 0 aliphatic carbocycles. The zero-order valence-corrected chi connectivity index (χ0v) is 16.5. The Bertz CT molecular complexity index is 639. The summed E-state index contributed by atoms with van der Waals surface area (Å²) < 4.78 is 4.91. The number of rotatable bonds is 8. The number of carbonyl (C=O) groups excluding carboxylic acids is 1. The number of hydrogen-bond acceptors (Lipinski definition) is 4. The van der Waals surface area contributed by atoms with Gasteiger partial charge in [-0.05, 0) is 69.2 Å². The molecular formula is C22H32N2O2. The van der Waals surface area contributed by atoms with E-state index in [0.717, 1.165) is 25.2 Å². The molecule has 0 spiro atoms. The molecule has 2 aromatic rings. The Morgan fingerprint density at radius 3 is 2.27 bits per heavy atom. The van der Waals surface area contributed by atoms with Crippen molar-refractivity contribution in [3.05, 3.63) is 59.7 Å². The quantitative estimate of drug-likeness (QED) is 0.484. The summed E-state index contributed by atoms with van der Waals surface area (Å²) in [6.07, 6.45) is 2.33. The Labute approximate surface area is 158 Å². The van der Waals surface area contributed by atoms with Crippen molar-refractivity contribution in [2.24, 2.45) is 0 Å². The van der Waals surface area contributed by atoms with Crippen LogP contribution in [0.5, 0.6) is 0 Å². The molecule has 0 radical (unpaired) electrons. The number of carbonyl (C=O) groups is 1. The molecule has 2 aromatic carbocycles. The summed E-state index contributed by atoms with van der Waals surface area (Å²) in [6, 6.07) is 15.8. The molecule has 0 heterocycles. The van der Waals surface area contributed by atoms with Gasteiger partial charge in [0.15, 0.2) is 0 Å². The zero-order chi connectivity index (χ0) is 19.2. The Balaban J connectivity index is 0.000000289. The Morgan fingerprint density at radius 2 is 1.69 bits per heavy atom. The number of benzene rings is 2. The van der Waals surface area contributed by atoms with Crippen molar-refractivity contribution in [2.75, 3.05) is 30.3 Å². The molecule has 0 amide bonds. The molecule has 26 heavy (non-hydrogen) atoms. The van der Waals surface area contributed by atoms with Gasteiger partial charge in [0.1, 0.15) is 0 Å². The van der Waals surface area contributed by atoms with Crippen LogP contribution in [0.2, 0.25) is 0 Å². The normalized spacial score (nSPS) is 9.69. The van der Waals surface area contributed by atoms with Crippen molar-refractivity contribution >= 4 is 17.3 Å². The van der Waals surface area contributed by atoms with E-state index in [1.807, 2.05) is 12.1 Å². The third kappa shape index (κ3) is 8.56. The molecule has 4 nitrogen and oxygen atoms in total. The predicted molar refractivity (Wildman–Crippen MR) is 111 cm³/mol. The lowest BCUT2D eigenvalue weighted by atomic mass is 10.2. The molecule has 0 fully saturated rings. The minimum atomic E-state index is -0.261. The van der Waals surface area contributed by atoms with Crippen LogP contribution in [0.25, 0.3) is 0 Å². The first-order valence-electron chi connectivity index (χ1n) is 9.42. The first-order valence-corrected chi connectivity index (χ1v) is 9.42. The van der Waals surface area contributed by atoms with Crippen molar-refractivity contribution in [3.8, 4) is 0 Å². The number of anilines is 2. The Kier molecular flexibility index (Phi) is 10.6. The molecule has 4 heteroatoms. The summed E-state index contributed by atoms with van der Waals surface area (Å²) >= 11 is 0. The number of esters is 1. The molecule has 0 aliphatic rings. The van der Waals surface area contributed by atoms with Crippen LogP contribution in [0.4, 0.5) is 11.4 Å². The maximum atomic E-state index is 11.4. The van der Waals surface area contributed by atoms with Crippen LogP contribution in [0.15, 0.2) is 48.5 Å². The van der Waals surface area contributed by atoms with E-state index < -0.39 is 0 Å². The fourth-order valence-corrected chi connectivity index (χ4v) is 2.31. The van der Waals surface area contributed by atoms with Gasteiger partial charge in [-0.3, -0.25) is 0 Å². The van der Waals surface area contributed by atoms with Gasteiger partial charge in [0, 0.05) is 24.5 Å². The predicted octanol–water partition coefficient (Wildman–Crippen LogP) is 5.50. The van der Waals surface area contributed by atoms with Gasteiger partial charge in [-0.1, -0.05) is 25.5 Å². The van der Waals surface area contributed by atoms with Gasteiger partial charge in [0.25, 0.3) is 0 Å². The van der Waals surface area contributed by atoms with Crippen LogP contribution in [0.1, 0.15) is 49.5 Å². The standard InChI is InChI=1S/C13H19NO2.C9H13N/c1-3-5-10-14-12-8-6-11(7-9-12)13(15)16-4-2;1-3-10-9-6-4-5-8(2)7-9/h6-9,14H,3-5,10H2,1-2H3;4-7,10H,3H2,1-2H3. The molecule has 0 aromatic heterocycles. The highest BCUT2D eigenvalue weighted by Crippen LogP contribution is 2.11. The van der Waals surface area contributed by atoms with Crippen molar-refractivity contribution in [1.82, 2.24) is 0 Å². The Hall–Kier alpha value is -2.49. The third-order valence-corrected chi connectivity index (χ3v) is 3.65. The van der Waals surface area contributed by atoms with Gasteiger partial charge in [0.05, 0.1) is 12.2 Å². The molecule has 2 rings (SSSR count). The van der Waals surface area contributed by atoms with Gasteiger partial charge in [-0.25, -0.2) is 4.79 Å². The summed E-state index contributed by atoms with van der Waals surface area (Å²) in [5.41, 5.74) is 4.16. The molecule has 2 N–H and O–H groups in total. The zero-order valence-electron chi connectivity index (χ0n) is 16.5. The number of aryl methyl sites for hydroxylation is 1. The monoisotopic (exact) mass is 356 g/mol. The van der Waals surface area contributed by atoms with E-state index >= 15 is 0 Å². The first kappa shape index (κ1) is 21.6. The topological polar surface area (TPSA) is 50.4 Å². The van der Waals surface area contributed by atoms with Gasteiger partial charge in [-0.15, -0.1) is 0 Å². The van der Waals surface area contributed by atoms with Crippen LogP contribution in [0.3, 0.4) is 0 Å². The van der Waals surface area contributed by atoms with Crippen molar-refractivity contribution in [3.63, 3.8) is 0 Å². The smallest absolute Gasteiger partial charge is 0.338 e. The summed E-state index contributed by atoms with van der Waals surface area (Å²) in [4.78, 5) is 11.4. The molecule has 0 unspecified atom stereocenters. The molecule has 142 valence electrons. The molecule has 0 aliphatic heterocycles. The van der Waals surface area contributed by atoms with E-state index in [0.29, 0.717) is 12.2 Å². The van der Waals surface area contributed by atoms with Crippen LogP contribution in [-0.2, 0) is 4.74 Å². The number of ether oxygens (including phenoxy) is 1. The van der Waals surface area contributed by atoms with Crippen LogP contribution in [-0.4, -0.2) is 25.7 Å². The summed E-state index contributed by atoms with van der Waals surface area (Å²) in [6.45, 7) is 10.5. The van der Waals surface area contributed by atoms with E-state index in [-0.39, 0.29) is 5.97 Å². The van der Waals surface area contributed by atoms with E-state index in [1.165, 1.54) is 17.7 Å².